The fourth-order valence-corrected chi connectivity index (χ4v) is 1.85. The SMILES string of the molecule is N[C@@H](c1cccc2ccc([N+](=O)[O-])cc12)C(F)(F)F. The fraction of sp³-hybridized carbons (Fsp3) is 0.167. The highest BCUT2D eigenvalue weighted by atomic mass is 19.4. The van der Waals surface area contributed by atoms with Crippen LogP contribution in [0.5, 0.6) is 0 Å². The lowest BCUT2D eigenvalue weighted by Crippen LogP contribution is -2.28. The molecule has 0 heterocycles. The number of rotatable bonds is 2. The maximum absolute atomic E-state index is 12.7. The van der Waals surface area contributed by atoms with Crippen molar-refractivity contribution in [1.29, 1.82) is 0 Å². The number of nitrogens with zero attached hydrogens (tertiary/aromatic N) is 1. The van der Waals surface area contributed by atoms with E-state index < -0.39 is 17.1 Å². The number of benzene rings is 2. The standard InChI is InChI=1S/C12H9F3N2O2/c13-12(14,15)11(16)9-3-1-2-7-4-5-8(17(18)19)6-10(7)9/h1-6,11H,16H2/t11-/m0/s1. The molecule has 2 aromatic carbocycles. The van der Waals surface area contributed by atoms with E-state index in [0.717, 1.165) is 6.07 Å². The summed E-state index contributed by atoms with van der Waals surface area (Å²) in [7, 11) is 0. The molecule has 0 aliphatic carbocycles. The third kappa shape index (κ3) is 2.50. The Morgan fingerprint density at radius 3 is 2.47 bits per heavy atom. The zero-order valence-electron chi connectivity index (χ0n) is 9.52. The first-order valence-electron chi connectivity index (χ1n) is 5.30. The highest BCUT2D eigenvalue weighted by Crippen LogP contribution is 2.35. The molecular formula is C12H9F3N2O2. The zero-order valence-corrected chi connectivity index (χ0v) is 9.52. The summed E-state index contributed by atoms with van der Waals surface area (Å²) in [6.45, 7) is 0. The minimum absolute atomic E-state index is 0.140. The quantitative estimate of drug-likeness (QED) is 0.672. The van der Waals surface area contributed by atoms with Crippen molar-refractivity contribution < 1.29 is 18.1 Å². The summed E-state index contributed by atoms with van der Waals surface area (Å²) in [6, 6.07) is 5.82. The number of hydrogen-bond acceptors (Lipinski definition) is 3. The Balaban J connectivity index is 2.67. The predicted octanol–water partition coefficient (Wildman–Crippen LogP) is 3.31. The number of hydrogen-bond donors (Lipinski definition) is 1. The third-order valence-corrected chi connectivity index (χ3v) is 2.80. The number of fused-ring (bicyclic) bond motifs is 1. The van der Waals surface area contributed by atoms with Gasteiger partial charge in [0, 0.05) is 12.1 Å². The van der Waals surface area contributed by atoms with Gasteiger partial charge in [-0.15, -0.1) is 0 Å². The zero-order chi connectivity index (χ0) is 14.2. The molecule has 4 nitrogen and oxygen atoms in total. The van der Waals surface area contributed by atoms with Crippen LogP contribution in [0.1, 0.15) is 11.6 Å². The molecule has 0 saturated heterocycles. The molecule has 0 aliphatic rings. The van der Waals surface area contributed by atoms with Crippen LogP contribution in [-0.2, 0) is 0 Å². The Morgan fingerprint density at radius 1 is 1.21 bits per heavy atom. The van der Waals surface area contributed by atoms with Crippen LogP contribution in [0.2, 0.25) is 0 Å². The van der Waals surface area contributed by atoms with Gasteiger partial charge in [0.25, 0.3) is 5.69 Å². The van der Waals surface area contributed by atoms with Crippen LogP contribution in [0.3, 0.4) is 0 Å². The Kier molecular flexibility index (Phi) is 3.15. The van der Waals surface area contributed by atoms with E-state index in [2.05, 4.69) is 0 Å². The minimum atomic E-state index is -4.60. The van der Waals surface area contributed by atoms with Crippen molar-refractivity contribution >= 4 is 16.5 Å². The topological polar surface area (TPSA) is 69.2 Å². The average Bonchev–Trinajstić information content (AvgIpc) is 2.35. The molecule has 1 atom stereocenters. The lowest BCUT2D eigenvalue weighted by Gasteiger charge is -2.17. The summed E-state index contributed by atoms with van der Waals surface area (Å²) in [4.78, 5) is 10.0. The smallest absolute Gasteiger partial charge is 0.316 e. The van der Waals surface area contributed by atoms with Gasteiger partial charge in [-0.1, -0.05) is 18.2 Å². The van der Waals surface area contributed by atoms with Crippen molar-refractivity contribution in [3.63, 3.8) is 0 Å². The summed E-state index contributed by atoms with van der Waals surface area (Å²) >= 11 is 0. The van der Waals surface area contributed by atoms with Gasteiger partial charge in [-0.25, -0.2) is 0 Å². The van der Waals surface area contributed by atoms with Crippen LogP contribution in [0.4, 0.5) is 18.9 Å². The minimum Gasteiger partial charge on any atom is -0.316 e. The van der Waals surface area contributed by atoms with E-state index in [1.807, 2.05) is 0 Å². The van der Waals surface area contributed by atoms with Gasteiger partial charge in [-0.3, -0.25) is 10.1 Å². The van der Waals surface area contributed by atoms with E-state index in [-0.39, 0.29) is 16.6 Å². The highest BCUT2D eigenvalue weighted by Gasteiger charge is 2.38. The van der Waals surface area contributed by atoms with E-state index in [1.54, 1.807) is 6.07 Å². The molecule has 0 unspecified atom stereocenters. The van der Waals surface area contributed by atoms with Crippen LogP contribution in [-0.4, -0.2) is 11.1 Å². The molecular weight excluding hydrogens is 261 g/mol. The molecule has 0 aliphatic heterocycles. The molecule has 19 heavy (non-hydrogen) atoms. The molecule has 2 rings (SSSR count). The normalized spacial score (nSPS) is 13.5. The van der Waals surface area contributed by atoms with E-state index >= 15 is 0 Å². The third-order valence-electron chi connectivity index (χ3n) is 2.80. The Hall–Kier alpha value is -2.15. The van der Waals surface area contributed by atoms with Crippen LogP contribution in [0.15, 0.2) is 36.4 Å². The second-order valence-electron chi connectivity index (χ2n) is 4.03. The second-order valence-corrected chi connectivity index (χ2v) is 4.03. The number of halogens is 3. The molecule has 0 fully saturated rings. The molecule has 0 amide bonds. The fourth-order valence-electron chi connectivity index (χ4n) is 1.85. The van der Waals surface area contributed by atoms with Gasteiger partial charge in [-0.2, -0.15) is 13.2 Å². The van der Waals surface area contributed by atoms with Crippen molar-refractivity contribution in [2.24, 2.45) is 5.73 Å². The number of nitrogens with two attached hydrogens (primary N) is 1. The van der Waals surface area contributed by atoms with Gasteiger partial charge in [0.2, 0.25) is 0 Å². The van der Waals surface area contributed by atoms with E-state index in [1.165, 1.54) is 24.3 Å². The van der Waals surface area contributed by atoms with Crippen LogP contribution in [0.25, 0.3) is 10.8 Å². The molecule has 0 spiro atoms. The summed E-state index contributed by atoms with van der Waals surface area (Å²) in [5.41, 5.74) is 4.73. The van der Waals surface area contributed by atoms with Gasteiger partial charge >= 0.3 is 6.18 Å². The molecule has 0 radical (unpaired) electrons. The lowest BCUT2D eigenvalue weighted by molar-refractivity contribution is -0.384. The van der Waals surface area contributed by atoms with Gasteiger partial charge in [0.1, 0.15) is 6.04 Å². The first-order valence-corrected chi connectivity index (χ1v) is 5.30. The number of non-ortho nitro benzene ring substituents is 1. The maximum Gasteiger partial charge on any atom is 0.407 e. The number of nitro benzene ring substituents is 1. The average molecular weight is 270 g/mol. The van der Waals surface area contributed by atoms with Crippen LogP contribution < -0.4 is 5.73 Å². The predicted molar refractivity (Wildman–Crippen MR) is 63.6 cm³/mol. The van der Waals surface area contributed by atoms with Crippen molar-refractivity contribution in [1.82, 2.24) is 0 Å². The largest absolute Gasteiger partial charge is 0.407 e. The summed E-state index contributed by atoms with van der Waals surface area (Å²) < 4.78 is 38.0. The molecule has 0 saturated carbocycles. The molecule has 2 N–H and O–H groups in total. The van der Waals surface area contributed by atoms with Crippen molar-refractivity contribution in [3.05, 3.63) is 52.1 Å². The van der Waals surface area contributed by atoms with Crippen molar-refractivity contribution in [2.75, 3.05) is 0 Å². The van der Waals surface area contributed by atoms with E-state index in [0.29, 0.717) is 5.39 Å². The lowest BCUT2D eigenvalue weighted by atomic mass is 9.98. The van der Waals surface area contributed by atoms with E-state index in [9.17, 15) is 23.3 Å². The molecule has 0 aromatic heterocycles. The Bertz CT molecular complexity index is 640. The number of nitro groups is 1. The first-order chi connectivity index (χ1) is 8.80. The van der Waals surface area contributed by atoms with Gasteiger partial charge in [-0.05, 0) is 22.4 Å². The monoisotopic (exact) mass is 270 g/mol. The Labute approximate surface area is 105 Å². The highest BCUT2D eigenvalue weighted by molar-refractivity contribution is 5.88. The summed E-state index contributed by atoms with van der Waals surface area (Å²) in [6.07, 6.45) is -4.60. The maximum atomic E-state index is 12.7. The van der Waals surface area contributed by atoms with Crippen LogP contribution in [0, 0.1) is 10.1 Å². The van der Waals surface area contributed by atoms with Crippen LogP contribution >= 0.6 is 0 Å². The summed E-state index contributed by atoms with van der Waals surface area (Å²) in [5.74, 6) is 0. The second kappa shape index (κ2) is 4.51. The van der Waals surface area contributed by atoms with Gasteiger partial charge in [0.05, 0.1) is 4.92 Å². The van der Waals surface area contributed by atoms with Crippen molar-refractivity contribution in [3.8, 4) is 0 Å². The van der Waals surface area contributed by atoms with E-state index in [4.69, 9.17) is 5.73 Å². The summed E-state index contributed by atoms with van der Waals surface area (Å²) in [5, 5.41) is 11.3. The Morgan fingerprint density at radius 2 is 1.89 bits per heavy atom. The number of alkyl halides is 3. The molecule has 100 valence electrons. The molecule has 0 bridgehead atoms. The molecule has 7 heteroatoms. The molecule has 2 aromatic rings. The van der Waals surface area contributed by atoms with Gasteiger partial charge in [0.15, 0.2) is 0 Å². The first kappa shape index (κ1) is 13.3. The van der Waals surface area contributed by atoms with Crippen molar-refractivity contribution in [2.45, 2.75) is 12.2 Å². The van der Waals surface area contributed by atoms with Gasteiger partial charge < -0.3 is 5.73 Å².